The molecular formula is C20H18N2O2. The number of benzene rings is 2. The van der Waals surface area contributed by atoms with Crippen molar-refractivity contribution in [1.29, 1.82) is 0 Å². The highest BCUT2D eigenvalue weighted by molar-refractivity contribution is 6.42. The molecule has 1 heterocycles. The van der Waals surface area contributed by atoms with Gasteiger partial charge in [-0.2, -0.15) is 5.10 Å². The zero-order valence-corrected chi connectivity index (χ0v) is 13.7. The van der Waals surface area contributed by atoms with Crippen LogP contribution in [0.15, 0.2) is 59.7 Å². The van der Waals surface area contributed by atoms with Crippen molar-refractivity contribution in [3.8, 4) is 0 Å². The van der Waals surface area contributed by atoms with Gasteiger partial charge in [-0.05, 0) is 17.7 Å². The number of hydrogen-bond acceptors (Lipinski definition) is 4. The highest BCUT2D eigenvalue weighted by Crippen LogP contribution is 2.46. The fourth-order valence-electron chi connectivity index (χ4n) is 3.95. The topological polar surface area (TPSA) is 49.7 Å². The Hall–Kier alpha value is -2.75. The van der Waals surface area contributed by atoms with Crippen molar-refractivity contribution in [1.82, 2.24) is 0 Å². The van der Waals surface area contributed by atoms with E-state index in [1.165, 1.54) is 6.92 Å². The van der Waals surface area contributed by atoms with Crippen LogP contribution in [-0.4, -0.2) is 22.8 Å². The summed E-state index contributed by atoms with van der Waals surface area (Å²) in [5.74, 6) is -0.284. The predicted molar refractivity (Wildman–Crippen MR) is 93.4 cm³/mol. The largest absolute Gasteiger partial charge is 0.293 e. The maximum atomic E-state index is 13.4. The molecule has 4 heteroatoms. The zero-order chi connectivity index (χ0) is 16.9. The Labute approximate surface area is 140 Å². The Morgan fingerprint density at radius 1 is 1.12 bits per heavy atom. The lowest BCUT2D eigenvalue weighted by atomic mass is 9.78. The summed E-state index contributed by atoms with van der Waals surface area (Å²) in [6, 6.07) is 17.3. The summed E-state index contributed by atoms with van der Waals surface area (Å²) in [6.45, 7) is 3.46. The van der Waals surface area contributed by atoms with Gasteiger partial charge in [-0.25, -0.2) is 0 Å². The van der Waals surface area contributed by atoms with Gasteiger partial charge in [-0.3, -0.25) is 14.6 Å². The monoisotopic (exact) mass is 318 g/mol. The molecule has 4 rings (SSSR count). The van der Waals surface area contributed by atoms with Crippen LogP contribution in [0.3, 0.4) is 0 Å². The first-order chi connectivity index (χ1) is 11.6. The molecule has 0 radical (unpaired) electrons. The lowest BCUT2D eigenvalue weighted by Gasteiger charge is -2.35. The van der Waals surface area contributed by atoms with Crippen molar-refractivity contribution in [2.24, 2.45) is 11.0 Å². The van der Waals surface area contributed by atoms with Crippen LogP contribution in [0.2, 0.25) is 0 Å². The van der Waals surface area contributed by atoms with Gasteiger partial charge < -0.3 is 0 Å². The number of carbonyl (C=O) groups is 2. The normalized spacial score (nSPS) is 25.1. The summed E-state index contributed by atoms with van der Waals surface area (Å²) in [4.78, 5) is 25.4. The molecular weight excluding hydrogens is 300 g/mol. The van der Waals surface area contributed by atoms with Gasteiger partial charge in [0.1, 0.15) is 11.3 Å². The zero-order valence-electron chi connectivity index (χ0n) is 13.7. The molecule has 120 valence electrons. The van der Waals surface area contributed by atoms with Crippen LogP contribution in [0.1, 0.15) is 29.8 Å². The third-order valence-electron chi connectivity index (χ3n) is 5.19. The maximum Gasteiger partial charge on any atom is 0.191 e. The van der Waals surface area contributed by atoms with E-state index in [-0.39, 0.29) is 17.5 Å². The lowest BCUT2D eigenvalue weighted by Crippen LogP contribution is -2.53. The fourth-order valence-corrected chi connectivity index (χ4v) is 3.95. The Balaban J connectivity index is 1.91. The fraction of sp³-hybridized carbons (Fsp3) is 0.250. The van der Waals surface area contributed by atoms with E-state index in [1.807, 2.05) is 61.5 Å². The quantitative estimate of drug-likeness (QED) is 0.854. The molecule has 2 aromatic carbocycles. The minimum Gasteiger partial charge on any atom is -0.293 e. The van der Waals surface area contributed by atoms with Gasteiger partial charge in [0.05, 0.1) is 5.69 Å². The number of nitrogens with zero attached hydrogens (tertiary/aromatic N) is 2. The molecule has 2 aliphatic rings. The van der Waals surface area contributed by atoms with E-state index in [0.717, 1.165) is 16.8 Å². The van der Waals surface area contributed by atoms with Gasteiger partial charge in [-0.15, -0.1) is 0 Å². The van der Waals surface area contributed by atoms with Gasteiger partial charge in [-0.1, -0.05) is 49.4 Å². The molecule has 1 aliphatic carbocycles. The number of hydrazone groups is 1. The first-order valence-electron chi connectivity index (χ1n) is 8.13. The van der Waals surface area contributed by atoms with Crippen molar-refractivity contribution < 1.29 is 9.59 Å². The number of rotatable bonds is 2. The molecule has 1 spiro atoms. The van der Waals surface area contributed by atoms with Gasteiger partial charge in [0.25, 0.3) is 0 Å². The van der Waals surface area contributed by atoms with Crippen LogP contribution in [0.5, 0.6) is 0 Å². The Morgan fingerprint density at radius 3 is 2.46 bits per heavy atom. The molecule has 0 amide bonds. The van der Waals surface area contributed by atoms with Crippen molar-refractivity contribution in [3.63, 3.8) is 0 Å². The SMILES string of the molecule is CC(=O)C1=NN(c2ccccc2)C2(Cc3ccccc3C2=O)C1C. The summed E-state index contributed by atoms with van der Waals surface area (Å²) in [7, 11) is 0. The van der Waals surface area contributed by atoms with E-state index in [4.69, 9.17) is 0 Å². The maximum absolute atomic E-state index is 13.4. The van der Waals surface area contributed by atoms with Crippen molar-refractivity contribution >= 4 is 23.0 Å². The molecule has 0 fully saturated rings. The number of Topliss-reactive ketones (excluding diaryl/α,β-unsaturated/α-hetero) is 2. The minimum absolute atomic E-state index is 0.0504. The second-order valence-electron chi connectivity index (χ2n) is 6.50. The highest BCUT2D eigenvalue weighted by atomic mass is 16.1. The lowest BCUT2D eigenvalue weighted by molar-refractivity contribution is -0.111. The van der Waals surface area contributed by atoms with E-state index in [9.17, 15) is 9.59 Å². The van der Waals surface area contributed by atoms with Crippen LogP contribution in [0.4, 0.5) is 5.69 Å². The van der Waals surface area contributed by atoms with E-state index >= 15 is 0 Å². The third kappa shape index (κ3) is 1.83. The molecule has 2 unspecified atom stereocenters. The number of hydrogen-bond donors (Lipinski definition) is 0. The van der Waals surface area contributed by atoms with E-state index in [0.29, 0.717) is 12.1 Å². The predicted octanol–water partition coefficient (Wildman–Crippen LogP) is 3.27. The second kappa shape index (κ2) is 5.13. The van der Waals surface area contributed by atoms with E-state index < -0.39 is 5.54 Å². The minimum atomic E-state index is -0.841. The van der Waals surface area contributed by atoms with Crippen molar-refractivity contribution in [2.75, 3.05) is 5.01 Å². The summed E-state index contributed by atoms with van der Waals surface area (Å²) >= 11 is 0. The van der Waals surface area contributed by atoms with Gasteiger partial charge in [0, 0.05) is 24.8 Å². The Kier molecular flexibility index (Phi) is 3.17. The molecule has 0 saturated heterocycles. The number of para-hydroxylation sites is 1. The van der Waals surface area contributed by atoms with Crippen LogP contribution >= 0.6 is 0 Å². The number of ketones is 2. The second-order valence-corrected chi connectivity index (χ2v) is 6.50. The molecule has 2 aromatic rings. The summed E-state index contributed by atoms with van der Waals surface area (Å²) in [5, 5.41) is 6.36. The highest BCUT2D eigenvalue weighted by Gasteiger charge is 2.59. The average molecular weight is 318 g/mol. The number of carbonyl (C=O) groups excluding carboxylic acids is 2. The summed E-state index contributed by atoms with van der Waals surface area (Å²) in [5.41, 5.74) is 2.23. The number of anilines is 1. The van der Waals surface area contributed by atoms with E-state index in [1.54, 1.807) is 5.01 Å². The van der Waals surface area contributed by atoms with E-state index in [2.05, 4.69) is 5.10 Å². The number of fused-ring (bicyclic) bond motifs is 1. The van der Waals surface area contributed by atoms with Gasteiger partial charge in [0.15, 0.2) is 11.6 Å². The Morgan fingerprint density at radius 2 is 1.79 bits per heavy atom. The van der Waals surface area contributed by atoms with Crippen LogP contribution in [0, 0.1) is 5.92 Å². The molecule has 2 atom stereocenters. The molecule has 0 saturated carbocycles. The smallest absolute Gasteiger partial charge is 0.191 e. The van der Waals surface area contributed by atoms with Crippen molar-refractivity contribution in [2.45, 2.75) is 25.8 Å². The molecule has 24 heavy (non-hydrogen) atoms. The molecule has 0 aromatic heterocycles. The van der Waals surface area contributed by atoms with Crippen LogP contribution < -0.4 is 5.01 Å². The van der Waals surface area contributed by atoms with Crippen molar-refractivity contribution in [3.05, 3.63) is 65.7 Å². The third-order valence-corrected chi connectivity index (χ3v) is 5.19. The van der Waals surface area contributed by atoms with Gasteiger partial charge in [0.2, 0.25) is 0 Å². The Bertz CT molecular complexity index is 872. The standard InChI is InChI=1S/C20H18N2O2/c1-13-18(14(2)23)21-22(16-9-4-3-5-10-16)20(13)12-15-8-6-7-11-17(15)19(20)24/h3-11,13H,12H2,1-2H3. The van der Waals surface area contributed by atoms with Crippen LogP contribution in [0.25, 0.3) is 0 Å². The first kappa shape index (κ1) is 14.8. The molecule has 4 nitrogen and oxygen atoms in total. The summed E-state index contributed by atoms with van der Waals surface area (Å²) in [6.07, 6.45) is 0.568. The molecule has 0 N–H and O–H groups in total. The van der Waals surface area contributed by atoms with Crippen LogP contribution in [-0.2, 0) is 11.2 Å². The molecule has 1 aliphatic heterocycles. The first-order valence-corrected chi connectivity index (χ1v) is 8.13. The van der Waals surface area contributed by atoms with Gasteiger partial charge >= 0.3 is 0 Å². The average Bonchev–Trinajstić information content (AvgIpc) is 3.06. The molecule has 0 bridgehead atoms. The summed E-state index contributed by atoms with van der Waals surface area (Å²) < 4.78 is 0.